The van der Waals surface area contributed by atoms with Crippen molar-refractivity contribution in [3.63, 3.8) is 0 Å². The van der Waals surface area contributed by atoms with Crippen LogP contribution < -0.4 is 9.47 Å². The summed E-state index contributed by atoms with van der Waals surface area (Å²) in [5.74, 6) is 0.918. The summed E-state index contributed by atoms with van der Waals surface area (Å²) >= 11 is 0. The largest absolute Gasteiger partial charge is 0.494 e. The lowest BCUT2D eigenvalue weighted by molar-refractivity contribution is 0.136. The molecule has 22 heavy (non-hydrogen) atoms. The minimum atomic E-state index is 0.342. The summed E-state index contributed by atoms with van der Waals surface area (Å²) in [6.07, 6.45) is 9.03. The van der Waals surface area contributed by atoms with Crippen molar-refractivity contribution in [3.8, 4) is 11.8 Å². The topological polar surface area (TPSA) is 36.3 Å². The molecule has 4 nitrogen and oxygen atoms in total. The zero-order valence-corrected chi connectivity index (χ0v) is 13.3. The van der Waals surface area contributed by atoms with Gasteiger partial charge >= 0.3 is 0 Å². The third kappa shape index (κ3) is 2.67. The average Bonchev–Trinajstić information content (AvgIpc) is 3.31. The maximum absolute atomic E-state index is 6.28. The molecule has 0 spiro atoms. The van der Waals surface area contributed by atoms with E-state index in [2.05, 4.69) is 10.6 Å². The number of rotatable bonds is 5. The van der Waals surface area contributed by atoms with Gasteiger partial charge in [0.25, 0.3) is 6.01 Å². The van der Waals surface area contributed by atoms with Crippen molar-refractivity contribution in [1.82, 2.24) is 9.55 Å². The molecule has 1 heterocycles. The van der Waals surface area contributed by atoms with E-state index >= 15 is 0 Å². The predicted octanol–water partition coefficient (Wildman–Crippen LogP) is 4.48. The fourth-order valence-corrected chi connectivity index (χ4v) is 3.41. The summed E-state index contributed by atoms with van der Waals surface area (Å²) in [7, 11) is 0. The molecule has 0 N–H and O–H groups in total. The Bertz CT molecular complexity index is 654. The van der Waals surface area contributed by atoms with Gasteiger partial charge in [-0.2, -0.15) is 4.98 Å². The Morgan fingerprint density at radius 1 is 1.14 bits per heavy atom. The Morgan fingerprint density at radius 3 is 2.68 bits per heavy atom. The van der Waals surface area contributed by atoms with Crippen LogP contribution in [0.5, 0.6) is 11.8 Å². The summed E-state index contributed by atoms with van der Waals surface area (Å²) in [6.45, 7) is 2.70. The van der Waals surface area contributed by atoms with Crippen molar-refractivity contribution in [2.45, 2.75) is 64.0 Å². The number of imidazole rings is 1. The molecule has 0 atom stereocenters. The molecule has 4 heteroatoms. The molecule has 2 aliphatic rings. The Labute approximate surface area is 131 Å². The zero-order chi connectivity index (χ0) is 14.9. The molecule has 4 rings (SSSR count). The van der Waals surface area contributed by atoms with E-state index in [-0.39, 0.29) is 0 Å². The van der Waals surface area contributed by atoms with Crippen molar-refractivity contribution >= 4 is 11.0 Å². The van der Waals surface area contributed by atoms with Crippen molar-refractivity contribution in [2.24, 2.45) is 0 Å². The summed E-state index contributed by atoms with van der Waals surface area (Å²) in [4.78, 5) is 4.75. The molecule has 118 valence electrons. The van der Waals surface area contributed by atoms with Crippen LogP contribution in [-0.4, -0.2) is 22.3 Å². The van der Waals surface area contributed by atoms with E-state index in [1.165, 1.54) is 32.1 Å². The zero-order valence-electron chi connectivity index (χ0n) is 13.3. The Hall–Kier alpha value is -1.71. The van der Waals surface area contributed by atoms with Gasteiger partial charge in [-0.3, -0.25) is 4.57 Å². The van der Waals surface area contributed by atoms with Crippen LogP contribution in [0.15, 0.2) is 18.2 Å². The summed E-state index contributed by atoms with van der Waals surface area (Å²) in [6, 6.07) is 7.53. The monoisotopic (exact) mass is 300 g/mol. The van der Waals surface area contributed by atoms with Crippen LogP contribution in [0, 0.1) is 0 Å². The van der Waals surface area contributed by atoms with E-state index in [1.54, 1.807) is 0 Å². The second-order valence-electron chi connectivity index (χ2n) is 6.46. The highest BCUT2D eigenvalue weighted by Crippen LogP contribution is 2.42. The van der Waals surface area contributed by atoms with Gasteiger partial charge in [-0.25, -0.2) is 0 Å². The second kappa shape index (κ2) is 5.82. The highest BCUT2D eigenvalue weighted by molar-refractivity contribution is 5.79. The standard InChI is InChI=1S/C18H24N2O2/c1-2-21-15-10-11-16-17(12-15)20(13-8-9-13)18(19-16)22-14-6-4-3-5-7-14/h10-14H,2-9H2,1H3. The molecule has 2 aliphatic carbocycles. The molecule has 0 aliphatic heterocycles. The highest BCUT2D eigenvalue weighted by atomic mass is 16.5. The van der Waals surface area contributed by atoms with Crippen molar-refractivity contribution in [3.05, 3.63) is 18.2 Å². The van der Waals surface area contributed by atoms with Crippen LogP contribution in [0.25, 0.3) is 11.0 Å². The molecule has 2 aromatic rings. The number of benzene rings is 1. The first-order chi connectivity index (χ1) is 10.8. The fraction of sp³-hybridized carbons (Fsp3) is 0.611. The van der Waals surface area contributed by atoms with Gasteiger partial charge in [-0.15, -0.1) is 0 Å². The smallest absolute Gasteiger partial charge is 0.297 e. The minimum absolute atomic E-state index is 0.342. The lowest BCUT2D eigenvalue weighted by atomic mass is 9.98. The molecule has 1 aromatic heterocycles. The van der Waals surface area contributed by atoms with Gasteiger partial charge < -0.3 is 9.47 Å². The average molecular weight is 300 g/mol. The van der Waals surface area contributed by atoms with Crippen LogP contribution in [0.1, 0.15) is 57.9 Å². The Balaban J connectivity index is 1.68. The molecular weight excluding hydrogens is 276 g/mol. The third-order valence-corrected chi connectivity index (χ3v) is 4.68. The molecule has 0 saturated heterocycles. The van der Waals surface area contributed by atoms with Gasteiger partial charge in [-0.1, -0.05) is 6.42 Å². The Morgan fingerprint density at radius 2 is 1.95 bits per heavy atom. The quantitative estimate of drug-likeness (QED) is 0.816. The lowest BCUT2D eigenvalue weighted by Crippen LogP contribution is -2.21. The first-order valence-corrected chi connectivity index (χ1v) is 8.66. The predicted molar refractivity (Wildman–Crippen MR) is 86.7 cm³/mol. The van der Waals surface area contributed by atoms with E-state index in [4.69, 9.17) is 14.5 Å². The fourth-order valence-electron chi connectivity index (χ4n) is 3.41. The lowest BCUT2D eigenvalue weighted by Gasteiger charge is -2.22. The number of hydrogen-bond acceptors (Lipinski definition) is 3. The van der Waals surface area contributed by atoms with Gasteiger partial charge in [-0.05, 0) is 57.6 Å². The van der Waals surface area contributed by atoms with Gasteiger partial charge in [0.05, 0.1) is 17.6 Å². The van der Waals surface area contributed by atoms with E-state index in [0.717, 1.165) is 35.6 Å². The molecule has 0 bridgehead atoms. The van der Waals surface area contributed by atoms with Gasteiger partial charge in [0, 0.05) is 12.1 Å². The Kier molecular flexibility index (Phi) is 3.68. The van der Waals surface area contributed by atoms with E-state index < -0.39 is 0 Å². The molecule has 1 aromatic carbocycles. The summed E-state index contributed by atoms with van der Waals surface area (Å²) < 4.78 is 14.2. The highest BCUT2D eigenvalue weighted by Gasteiger charge is 2.30. The SMILES string of the molecule is CCOc1ccc2nc(OC3CCCCC3)n(C3CC3)c2c1. The van der Waals surface area contributed by atoms with Crippen LogP contribution in [0.3, 0.4) is 0 Å². The van der Waals surface area contributed by atoms with Crippen LogP contribution in [0.4, 0.5) is 0 Å². The van der Waals surface area contributed by atoms with Crippen LogP contribution >= 0.6 is 0 Å². The van der Waals surface area contributed by atoms with Crippen molar-refractivity contribution < 1.29 is 9.47 Å². The first kappa shape index (κ1) is 13.9. The number of hydrogen-bond donors (Lipinski definition) is 0. The molecule has 0 amide bonds. The molecule has 0 radical (unpaired) electrons. The molecular formula is C18H24N2O2. The minimum Gasteiger partial charge on any atom is -0.494 e. The summed E-state index contributed by atoms with van der Waals surface area (Å²) in [5.41, 5.74) is 2.17. The first-order valence-electron chi connectivity index (χ1n) is 8.66. The van der Waals surface area contributed by atoms with Crippen LogP contribution in [0.2, 0.25) is 0 Å². The normalized spacial score (nSPS) is 19.5. The van der Waals surface area contributed by atoms with E-state index in [0.29, 0.717) is 18.8 Å². The van der Waals surface area contributed by atoms with Gasteiger partial charge in [0.2, 0.25) is 0 Å². The van der Waals surface area contributed by atoms with Crippen LogP contribution in [-0.2, 0) is 0 Å². The maximum Gasteiger partial charge on any atom is 0.297 e. The maximum atomic E-state index is 6.28. The molecule has 2 saturated carbocycles. The second-order valence-corrected chi connectivity index (χ2v) is 6.46. The molecule has 2 fully saturated rings. The number of nitrogens with zero attached hydrogens (tertiary/aromatic N) is 2. The number of aromatic nitrogens is 2. The number of fused-ring (bicyclic) bond motifs is 1. The van der Waals surface area contributed by atoms with E-state index in [9.17, 15) is 0 Å². The molecule has 0 unspecified atom stereocenters. The van der Waals surface area contributed by atoms with Gasteiger partial charge in [0.1, 0.15) is 11.9 Å². The number of ether oxygens (including phenoxy) is 2. The van der Waals surface area contributed by atoms with Gasteiger partial charge in [0.15, 0.2) is 0 Å². The summed E-state index contributed by atoms with van der Waals surface area (Å²) in [5, 5.41) is 0. The van der Waals surface area contributed by atoms with Crippen molar-refractivity contribution in [2.75, 3.05) is 6.61 Å². The van der Waals surface area contributed by atoms with E-state index in [1.807, 2.05) is 19.1 Å². The van der Waals surface area contributed by atoms with Crippen molar-refractivity contribution in [1.29, 1.82) is 0 Å². The third-order valence-electron chi connectivity index (χ3n) is 4.68.